The van der Waals surface area contributed by atoms with Gasteiger partial charge in [-0.15, -0.1) is 4.99 Å². The molecule has 1 heterocycles. The number of carbonyl (C=O) groups excluding carboxylic acids is 3. The zero-order valence-corrected chi connectivity index (χ0v) is 19.1. The molecule has 0 aromatic carbocycles. The lowest BCUT2D eigenvalue weighted by Gasteiger charge is -2.22. The molecule has 0 saturated heterocycles. The summed E-state index contributed by atoms with van der Waals surface area (Å²) < 4.78 is 33.8. The van der Waals surface area contributed by atoms with Gasteiger partial charge >= 0.3 is 12.1 Å². The molecule has 8 nitrogen and oxygen atoms in total. The van der Waals surface area contributed by atoms with Crippen LogP contribution in [0.1, 0.15) is 89.1 Å². The summed E-state index contributed by atoms with van der Waals surface area (Å²) >= 11 is 0. The van der Waals surface area contributed by atoms with Gasteiger partial charge in [0.25, 0.3) is 0 Å². The van der Waals surface area contributed by atoms with E-state index in [4.69, 9.17) is 13.6 Å². The van der Waals surface area contributed by atoms with Crippen LogP contribution in [0.2, 0.25) is 0 Å². The second-order valence-electron chi connectivity index (χ2n) is 8.54. The number of allylic oxidation sites excluding steroid dienone is 2. The van der Waals surface area contributed by atoms with Crippen molar-refractivity contribution in [3.8, 4) is 0 Å². The van der Waals surface area contributed by atoms with Gasteiger partial charge < -0.3 is 14.4 Å². The first-order valence-electron chi connectivity index (χ1n) is 12.6. The minimum atomic E-state index is -2.87. The highest BCUT2D eigenvalue weighted by Crippen LogP contribution is 2.10. The molecule has 0 bridgehead atoms. The molecule has 0 radical (unpaired) electrons. The highest BCUT2D eigenvalue weighted by molar-refractivity contribution is 6.01. The maximum absolute atomic E-state index is 12.5. The van der Waals surface area contributed by atoms with Gasteiger partial charge in [0.2, 0.25) is 11.9 Å². The second-order valence-corrected chi connectivity index (χ2v) is 8.54. The molecule has 0 atom stereocenters. The number of nitrogens with zero attached hydrogens (tertiary/aromatic N) is 2. The van der Waals surface area contributed by atoms with E-state index in [0.717, 1.165) is 44.9 Å². The lowest BCUT2D eigenvalue weighted by atomic mass is 10.1. The van der Waals surface area contributed by atoms with E-state index in [2.05, 4.69) is 22.5 Å². The number of likely N-dealkylation sites (N-methyl/N-ethyl adjacent to an activating group) is 1. The first-order valence-corrected chi connectivity index (χ1v) is 11.1. The van der Waals surface area contributed by atoms with Crippen LogP contribution in [0, 0.1) is 0 Å². The van der Waals surface area contributed by atoms with Crippen molar-refractivity contribution in [2.45, 2.75) is 90.6 Å². The number of amides is 2. The number of esters is 1. The van der Waals surface area contributed by atoms with E-state index < -0.39 is 43.1 Å². The van der Waals surface area contributed by atoms with E-state index in [-0.39, 0.29) is 13.0 Å². The van der Waals surface area contributed by atoms with Crippen molar-refractivity contribution in [3.05, 3.63) is 12.2 Å². The fraction of sp³-hybridized carbons (Fsp3) is 0.739. The number of hydrogen-bond donors (Lipinski definition) is 1. The zero-order valence-electron chi connectivity index (χ0n) is 22.1. The van der Waals surface area contributed by atoms with Crippen LogP contribution in [-0.4, -0.2) is 54.6 Å². The summed E-state index contributed by atoms with van der Waals surface area (Å²) in [6.45, 7) is 1.46. The molecule has 0 fully saturated rings. The molecule has 0 spiro atoms. The number of hydrogen-bond acceptors (Lipinski definition) is 5. The van der Waals surface area contributed by atoms with Crippen molar-refractivity contribution in [2.24, 2.45) is 4.99 Å². The van der Waals surface area contributed by atoms with Crippen LogP contribution in [0.25, 0.3) is 0 Å². The third-order valence-electron chi connectivity index (χ3n) is 4.35. The molecule has 176 valence electrons. The predicted octanol–water partition coefficient (Wildman–Crippen LogP) is 4.34. The molecule has 8 heteroatoms. The average Bonchev–Trinajstić information content (AvgIpc) is 2.68. The number of nitrogens with one attached hydrogen (secondary N) is 1. The number of aliphatic imine (C=N–C) groups is 1. The van der Waals surface area contributed by atoms with Gasteiger partial charge in [-0.2, -0.15) is 0 Å². The van der Waals surface area contributed by atoms with Crippen LogP contribution in [-0.2, 0) is 19.1 Å². The quantitative estimate of drug-likeness (QED) is 0.444. The molecule has 1 rings (SSSR count). The van der Waals surface area contributed by atoms with Gasteiger partial charge in [0.1, 0.15) is 12.1 Å². The van der Waals surface area contributed by atoms with Crippen molar-refractivity contribution < 1.29 is 28.0 Å². The minimum absolute atomic E-state index is 0.131. The molecule has 1 aliphatic heterocycles. The van der Waals surface area contributed by atoms with E-state index in [0.29, 0.717) is 17.7 Å². The van der Waals surface area contributed by atoms with Gasteiger partial charge in [-0.3, -0.25) is 14.9 Å². The Balaban J connectivity index is 3.07. The Hall–Kier alpha value is -2.38. The third-order valence-corrected chi connectivity index (χ3v) is 4.35. The van der Waals surface area contributed by atoms with Crippen LogP contribution in [0.5, 0.6) is 0 Å². The Labute approximate surface area is 190 Å². The summed E-state index contributed by atoms with van der Waals surface area (Å²) in [5, 5.41) is 2.39. The minimum Gasteiger partial charge on any atom is -0.464 e. The summed E-state index contributed by atoms with van der Waals surface area (Å²) in [4.78, 5) is 41.4. The number of rotatable bonds is 0. The SMILES string of the molecule is [2H]C([2H])([2H])N1CC(=O)OCCCC/C=C\CCCCCCCC(=O)N/C1=N/C(=O)OC(C)(C)C. The largest absolute Gasteiger partial charge is 0.464 e. The Morgan fingerprint density at radius 3 is 2.42 bits per heavy atom. The van der Waals surface area contributed by atoms with E-state index in [1.54, 1.807) is 20.8 Å². The fourth-order valence-corrected chi connectivity index (χ4v) is 2.83. The van der Waals surface area contributed by atoms with E-state index >= 15 is 0 Å². The number of carbonyl (C=O) groups is 3. The van der Waals surface area contributed by atoms with Crippen LogP contribution in [0.3, 0.4) is 0 Å². The summed E-state index contributed by atoms with van der Waals surface area (Å²) in [7, 11) is 0. The number of cyclic esters (lactones) is 1. The first-order chi connectivity index (χ1) is 15.9. The standard InChI is InChI=1S/C23H39N3O5/c1-23(2,3)31-22(29)25-21-24-19(27)16-14-12-10-8-6-5-7-9-11-13-15-17-30-20(28)18-26(21)4/h7,9H,5-6,8,10-18H2,1-4H3,(H,24,25,27,29)/b9-7-/i4D3. The molecule has 0 saturated carbocycles. The van der Waals surface area contributed by atoms with Gasteiger partial charge in [-0.05, 0) is 59.3 Å². The van der Waals surface area contributed by atoms with Crippen molar-refractivity contribution in [3.63, 3.8) is 0 Å². The van der Waals surface area contributed by atoms with Gasteiger partial charge in [-0.25, -0.2) is 4.79 Å². The summed E-state index contributed by atoms with van der Waals surface area (Å²) in [6, 6.07) is 0. The maximum atomic E-state index is 12.5. The normalized spacial score (nSPS) is 23.5. The molecule has 31 heavy (non-hydrogen) atoms. The van der Waals surface area contributed by atoms with Crippen LogP contribution in [0.4, 0.5) is 4.79 Å². The zero-order chi connectivity index (χ0) is 25.6. The highest BCUT2D eigenvalue weighted by Gasteiger charge is 2.20. The second kappa shape index (κ2) is 14.6. The monoisotopic (exact) mass is 440 g/mol. The van der Waals surface area contributed by atoms with Crippen molar-refractivity contribution in [1.29, 1.82) is 0 Å². The van der Waals surface area contributed by atoms with Crippen molar-refractivity contribution in [2.75, 3.05) is 20.1 Å². The third kappa shape index (κ3) is 14.3. The lowest BCUT2D eigenvalue weighted by Crippen LogP contribution is -2.45. The molecule has 1 aliphatic rings. The summed E-state index contributed by atoms with van der Waals surface area (Å²) in [5.74, 6) is -1.86. The van der Waals surface area contributed by atoms with Crippen molar-refractivity contribution >= 4 is 23.9 Å². The van der Waals surface area contributed by atoms with E-state index in [1.165, 1.54) is 0 Å². The topological polar surface area (TPSA) is 97.3 Å². The molecule has 0 aliphatic carbocycles. The molecular weight excluding hydrogens is 398 g/mol. The van der Waals surface area contributed by atoms with Gasteiger partial charge in [0.15, 0.2) is 0 Å². The number of guanidine groups is 1. The molecule has 0 aromatic heterocycles. The average molecular weight is 441 g/mol. The lowest BCUT2D eigenvalue weighted by molar-refractivity contribution is -0.144. The van der Waals surface area contributed by atoms with Crippen molar-refractivity contribution in [1.82, 2.24) is 10.2 Å². The molecule has 0 aromatic rings. The maximum Gasteiger partial charge on any atom is 0.437 e. The molecule has 2 amide bonds. The Kier molecular flexibility index (Phi) is 10.3. The highest BCUT2D eigenvalue weighted by atomic mass is 16.6. The van der Waals surface area contributed by atoms with Gasteiger partial charge in [0, 0.05) is 17.5 Å². The van der Waals surface area contributed by atoms with Gasteiger partial charge in [0.05, 0.1) is 6.61 Å². The summed E-state index contributed by atoms with van der Waals surface area (Å²) in [6.07, 6.45) is 11.3. The first kappa shape index (κ1) is 21.8. The molecular formula is C23H39N3O5. The Bertz CT molecular complexity index is 730. The fourth-order valence-electron chi connectivity index (χ4n) is 2.83. The van der Waals surface area contributed by atoms with Crippen LogP contribution >= 0.6 is 0 Å². The molecule has 0 unspecified atom stereocenters. The smallest absolute Gasteiger partial charge is 0.437 e. The Morgan fingerprint density at radius 2 is 1.74 bits per heavy atom. The number of ether oxygens (including phenoxy) is 2. The van der Waals surface area contributed by atoms with Crippen LogP contribution in [0.15, 0.2) is 17.1 Å². The molecule has 1 N–H and O–H groups in total. The predicted molar refractivity (Wildman–Crippen MR) is 121 cm³/mol. The Morgan fingerprint density at radius 1 is 1.10 bits per heavy atom. The van der Waals surface area contributed by atoms with Crippen LogP contribution < -0.4 is 5.32 Å². The summed E-state index contributed by atoms with van der Waals surface area (Å²) in [5.41, 5.74) is -0.878. The van der Waals surface area contributed by atoms with Gasteiger partial charge in [-0.1, -0.05) is 31.4 Å². The van der Waals surface area contributed by atoms with E-state index in [1.807, 2.05) is 0 Å². The van der Waals surface area contributed by atoms with E-state index in [9.17, 15) is 14.4 Å².